The van der Waals surface area contributed by atoms with Gasteiger partial charge in [0.05, 0.1) is 17.9 Å². The average Bonchev–Trinajstić information content (AvgIpc) is 2.48. The minimum atomic E-state index is -0.402. The van der Waals surface area contributed by atoms with Crippen molar-refractivity contribution in [1.29, 1.82) is 0 Å². The molecule has 1 aromatic rings. The van der Waals surface area contributed by atoms with Crippen LogP contribution in [0.2, 0.25) is 0 Å². The van der Waals surface area contributed by atoms with Gasteiger partial charge in [0.2, 0.25) is 0 Å². The Balaban J connectivity index is 1.99. The van der Waals surface area contributed by atoms with Crippen LogP contribution in [-0.2, 0) is 4.74 Å². The van der Waals surface area contributed by atoms with Gasteiger partial charge in [-0.1, -0.05) is 6.07 Å². The molecule has 1 fully saturated rings. The monoisotopic (exact) mass is 280 g/mol. The molecule has 0 aliphatic carbocycles. The van der Waals surface area contributed by atoms with Crippen LogP contribution >= 0.6 is 0 Å². The van der Waals surface area contributed by atoms with Crippen LogP contribution in [0, 0.1) is 11.7 Å². The summed E-state index contributed by atoms with van der Waals surface area (Å²) in [5.41, 5.74) is 0.621. The van der Waals surface area contributed by atoms with Crippen LogP contribution in [0.3, 0.4) is 0 Å². The van der Waals surface area contributed by atoms with Crippen LogP contribution in [-0.4, -0.2) is 32.2 Å². The highest BCUT2D eigenvalue weighted by atomic mass is 19.1. The van der Waals surface area contributed by atoms with Crippen molar-refractivity contribution in [2.45, 2.75) is 19.8 Å². The fraction of sp³-hybridized carbons (Fsp3) is 0.533. The summed E-state index contributed by atoms with van der Waals surface area (Å²) in [5, 5.41) is 5.77. The third-order valence-electron chi connectivity index (χ3n) is 3.42. The van der Waals surface area contributed by atoms with E-state index in [1.54, 1.807) is 12.1 Å². The van der Waals surface area contributed by atoms with Crippen molar-refractivity contribution in [3.05, 3.63) is 29.6 Å². The van der Waals surface area contributed by atoms with E-state index in [1.807, 2.05) is 6.92 Å². The number of hydrogen-bond donors (Lipinski definition) is 2. The molecule has 20 heavy (non-hydrogen) atoms. The molecule has 0 saturated carbocycles. The van der Waals surface area contributed by atoms with Crippen LogP contribution in [0.4, 0.5) is 10.1 Å². The van der Waals surface area contributed by atoms with E-state index in [-0.39, 0.29) is 11.6 Å². The van der Waals surface area contributed by atoms with Crippen LogP contribution in [0.15, 0.2) is 18.2 Å². The Morgan fingerprint density at radius 2 is 2.35 bits per heavy atom. The van der Waals surface area contributed by atoms with Crippen LogP contribution in [0.25, 0.3) is 0 Å². The predicted octanol–water partition coefficient (Wildman–Crippen LogP) is 2.41. The molecular weight excluding hydrogens is 259 g/mol. The molecule has 5 heteroatoms. The normalized spacial score (nSPS) is 18.6. The van der Waals surface area contributed by atoms with E-state index in [2.05, 4.69) is 10.6 Å². The Bertz CT molecular complexity index is 459. The molecule has 1 atom stereocenters. The number of anilines is 1. The summed E-state index contributed by atoms with van der Waals surface area (Å²) < 4.78 is 19.1. The summed E-state index contributed by atoms with van der Waals surface area (Å²) in [6.45, 7) is 4.49. The molecule has 0 bridgehead atoms. The fourth-order valence-electron chi connectivity index (χ4n) is 2.37. The number of amides is 1. The molecule has 4 nitrogen and oxygen atoms in total. The highest BCUT2D eigenvalue weighted by molar-refractivity contribution is 5.99. The zero-order chi connectivity index (χ0) is 14.4. The zero-order valence-electron chi connectivity index (χ0n) is 11.7. The zero-order valence-corrected chi connectivity index (χ0v) is 11.7. The smallest absolute Gasteiger partial charge is 0.253 e. The molecule has 1 saturated heterocycles. The molecule has 0 spiro atoms. The lowest BCUT2D eigenvalue weighted by Gasteiger charge is -2.22. The van der Waals surface area contributed by atoms with Crippen LogP contribution in [0.1, 0.15) is 30.1 Å². The molecule has 1 unspecified atom stereocenters. The summed E-state index contributed by atoms with van der Waals surface area (Å²) in [6.07, 6.45) is 2.09. The maximum Gasteiger partial charge on any atom is 0.253 e. The van der Waals surface area contributed by atoms with Crippen molar-refractivity contribution >= 4 is 11.6 Å². The van der Waals surface area contributed by atoms with Gasteiger partial charge in [-0.25, -0.2) is 4.39 Å². The van der Waals surface area contributed by atoms with Gasteiger partial charge < -0.3 is 15.4 Å². The van der Waals surface area contributed by atoms with Gasteiger partial charge in [-0.2, -0.15) is 0 Å². The van der Waals surface area contributed by atoms with Gasteiger partial charge >= 0.3 is 0 Å². The second-order valence-electron chi connectivity index (χ2n) is 4.99. The van der Waals surface area contributed by atoms with Crippen molar-refractivity contribution in [1.82, 2.24) is 5.32 Å². The van der Waals surface area contributed by atoms with Crippen LogP contribution < -0.4 is 10.6 Å². The Hall–Kier alpha value is -1.62. The SMILES string of the molecule is CCNc1c(F)cccc1C(=O)NCC1CCCOC1. The largest absolute Gasteiger partial charge is 0.382 e. The summed E-state index contributed by atoms with van der Waals surface area (Å²) >= 11 is 0. The lowest BCUT2D eigenvalue weighted by Crippen LogP contribution is -2.33. The van der Waals surface area contributed by atoms with Crippen molar-refractivity contribution in [3.8, 4) is 0 Å². The minimum absolute atomic E-state index is 0.244. The lowest BCUT2D eigenvalue weighted by atomic mass is 10.0. The Morgan fingerprint density at radius 1 is 1.50 bits per heavy atom. The van der Waals surface area contributed by atoms with E-state index in [4.69, 9.17) is 4.74 Å². The van der Waals surface area contributed by atoms with E-state index >= 15 is 0 Å². The first kappa shape index (κ1) is 14.8. The average molecular weight is 280 g/mol. The first-order valence-electron chi connectivity index (χ1n) is 7.10. The van der Waals surface area contributed by atoms with Crippen LogP contribution in [0.5, 0.6) is 0 Å². The van der Waals surface area contributed by atoms with Crippen molar-refractivity contribution < 1.29 is 13.9 Å². The maximum atomic E-state index is 13.7. The van der Waals surface area contributed by atoms with Crippen molar-refractivity contribution in [2.75, 3.05) is 31.6 Å². The van der Waals surface area contributed by atoms with E-state index < -0.39 is 5.82 Å². The maximum absolute atomic E-state index is 13.7. The Morgan fingerprint density at radius 3 is 3.05 bits per heavy atom. The van der Waals surface area contributed by atoms with Gasteiger partial charge in [0.1, 0.15) is 5.82 Å². The number of ether oxygens (including phenoxy) is 1. The molecule has 1 amide bonds. The molecule has 110 valence electrons. The third kappa shape index (κ3) is 3.70. The Kier molecular flexibility index (Phi) is 5.35. The van der Waals surface area contributed by atoms with E-state index in [1.165, 1.54) is 6.07 Å². The second kappa shape index (κ2) is 7.24. The lowest BCUT2D eigenvalue weighted by molar-refractivity contribution is 0.0536. The molecular formula is C15H21FN2O2. The molecule has 1 heterocycles. The van der Waals surface area contributed by atoms with Gasteiger partial charge in [0, 0.05) is 19.7 Å². The highest BCUT2D eigenvalue weighted by Crippen LogP contribution is 2.20. The van der Waals surface area contributed by atoms with E-state index in [9.17, 15) is 9.18 Å². The van der Waals surface area contributed by atoms with Gasteiger partial charge in [-0.15, -0.1) is 0 Å². The number of hydrogen-bond acceptors (Lipinski definition) is 3. The summed E-state index contributed by atoms with van der Waals surface area (Å²) in [6, 6.07) is 4.53. The molecule has 1 aromatic carbocycles. The molecule has 0 aromatic heterocycles. The van der Waals surface area contributed by atoms with Gasteiger partial charge in [0.25, 0.3) is 5.91 Å². The first-order chi connectivity index (χ1) is 9.72. The Labute approximate surface area is 118 Å². The second-order valence-corrected chi connectivity index (χ2v) is 4.99. The standard InChI is InChI=1S/C15H21FN2O2/c1-2-17-14-12(6-3-7-13(14)16)15(19)18-9-11-5-4-8-20-10-11/h3,6-7,11,17H,2,4-5,8-10H2,1H3,(H,18,19). The number of halogens is 1. The molecule has 0 radical (unpaired) electrons. The highest BCUT2D eigenvalue weighted by Gasteiger charge is 2.18. The molecule has 2 rings (SSSR count). The topological polar surface area (TPSA) is 50.4 Å². The third-order valence-corrected chi connectivity index (χ3v) is 3.42. The summed E-state index contributed by atoms with van der Waals surface area (Å²) in [7, 11) is 0. The fourth-order valence-corrected chi connectivity index (χ4v) is 2.37. The minimum Gasteiger partial charge on any atom is -0.382 e. The quantitative estimate of drug-likeness (QED) is 0.871. The van der Waals surface area contributed by atoms with Gasteiger partial charge in [-0.05, 0) is 37.8 Å². The number of para-hydroxylation sites is 1. The van der Waals surface area contributed by atoms with E-state index in [0.29, 0.717) is 31.2 Å². The van der Waals surface area contributed by atoms with Gasteiger partial charge in [-0.3, -0.25) is 4.79 Å². The molecule has 2 N–H and O–H groups in total. The summed E-state index contributed by atoms with van der Waals surface area (Å²) in [5.74, 6) is -0.296. The van der Waals surface area contributed by atoms with Crippen molar-refractivity contribution in [3.63, 3.8) is 0 Å². The molecule has 1 aliphatic rings. The predicted molar refractivity (Wildman–Crippen MR) is 76.4 cm³/mol. The number of rotatable bonds is 5. The molecule has 1 aliphatic heterocycles. The van der Waals surface area contributed by atoms with E-state index in [0.717, 1.165) is 19.4 Å². The number of carbonyl (C=O) groups excluding carboxylic acids is 1. The first-order valence-corrected chi connectivity index (χ1v) is 7.10. The number of carbonyl (C=O) groups is 1. The number of benzene rings is 1. The number of nitrogens with one attached hydrogen (secondary N) is 2. The summed E-state index contributed by atoms with van der Waals surface area (Å²) in [4.78, 5) is 12.2. The van der Waals surface area contributed by atoms with Gasteiger partial charge in [0.15, 0.2) is 0 Å². The van der Waals surface area contributed by atoms with Crippen molar-refractivity contribution in [2.24, 2.45) is 5.92 Å².